The number of hydrogen-bond acceptors (Lipinski definition) is 2. The van der Waals surface area contributed by atoms with Gasteiger partial charge in [-0.1, -0.05) is 29.3 Å². The molecule has 0 heterocycles. The number of carbonyl (C=O) groups is 1. The second-order valence-corrected chi connectivity index (χ2v) is 5.22. The van der Waals surface area contributed by atoms with Crippen molar-refractivity contribution in [2.24, 2.45) is 5.73 Å². The lowest BCUT2D eigenvalue weighted by Crippen LogP contribution is -2.49. The fourth-order valence-electron chi connectivity index (χ4n) is 1.76. The second kappa shape index (κ2) is 5.32. The van der Waals surface area contributed by atoms with Gasteiger partial charge in [0, 0.05) is 6.54 Å². The maximum Gasteiger partial charge on any atom is 0.239 e. The molecule has 0 spiro atoms. The van der Waals surface area contributed by atoms with Gasteiger partial charge in [-0.3, -0.25) is 4.79 Å². The minimum Gasteiger partial charge on any atom is -0.354 e. The van der Waals surface area contributed by atoms with E-state index in [9.17, 15) is 4.79 Å². The molecule has 0 atom stereocenters. The molecule has 1 aromatic carbocycles. The van der Waals surface area contributed by atoms with Crippen molar-refractivity contribution < 1.29 is 4.79 Å². The molecule has 3 heteroatoms. The molecule has 0 saturated carbocycles. The van der Waals surface area contributed by atoms with Crippen molar-refractivity contribution in [3.8, 4) is 0 Å². The minimum atomic E-state index is -0.803. The zero-order valence-electron chi connectivity index (χ0n) is 11.1. The van der Waals surface area contributed by atoms with Gasteiger partial charge in [0.05, 0.1) is 5.54 Å². The number of rotatable bonds is 4. The Kier molecular flexibility index (Phi) is 4.29. The molecule has 3 nitrogen and oxygen atoms in total. The Morgan fingerprint density at radius 2 is 1.76 bits per heavy atom. The highest BCUT2D eigenvalue weighted by Crippen LogP contribution is 2.09. The smallest absolute Gasteiger partial charge is 0.239 e. The minimum absolute atomic E-state index is 0.109. The third-order valence-corrected chi connectivity index (χ3v) is 2.57. The van der Waals surface area contributed by atoms with E-state index < -0.39 is 5.54 Å². The summed E-state index contributed by atoms with van der Waals surface area (Å²) in [6.07, 6.45) is 0.838. The molecule has 0 aliphatic carbocycles. The standard InChI is InChI=1S/C14H22N2O/c1-10-7-11(2)9-12(8-10)5-6-16-13(17)14(3,4)15/h7-9H,5-6,15H2,1-4H3,(H,16,17). The fourth-order valence-corrected chi connectivity index (χ4v) is 1.76. The summed E-state index contributed by atoms with van der Waals surface area (Å²) in [7, 11) is 0. The number of nitrogens with one attached hydrogen (secondary N) is 1. The summed E-state index contributed by atoms with van der Waals surface area (Å²) >= 11 is 0. The lowest BCUT2D eigenvalue weighted by molar-refractivity contribution is -0.125. The predicted molar refractivity (Wildman–Crippen MR) is 70.9 cm³/mol. The van der Waals surface area contributed by atoms with E-state index in [-0.39, 0.29) is 5.91 Å². The number of nitrogens with two attached hydrogens (primary N) is 1. The van der Waals surface area contributed by atoms with Crippen LogP contribution in [0.15, 0.2) is 18.2 Å². The Morgan fingerprint density at radius 1 is 1.24 bits per heavy atom. The fraction of sp³-hybridized carbons (Fsp3) is 0.500. The Balaban J connectivity index is 2.49. The molecular formula is C14H22N2O. The van der Waals surface area contributed by atoms with Gasteiger partial charge in [0.15, 0.2) is 0 Å². The SMILES string of the molecule is Cc1cc(C)cc(CCNC(=O)C(C)(C)N)c1. The van der Waals surface area contributed by atoms with Gasteiger partial charge in [-0.05, 0) is 39.7 Å². The molecule has 0 radical (unpaired) electrons. The van der Waals surface area contributed by atoms with Crippen LogP contribution in [0.1, 0.15) is 30.5 Å². The summed E-state index contributed by atoms with van der Waals surface area (Å²) in [6.45, 7) is 8.21. The molecule has 17 heavy (non-hydrogen) atoms. The van der Waals surface area contributed by atoms with Gasteiger partial charge in [-0.15, -0.1) is 0 Å². The average molecular weight is 234 g/mol. The summed E-state index contributed by atoms with van der Waals surface area (Å²) in [5.74, 6) is -0.109. The monoisotopic (exact) mass is 234 g/mol. The largest absolute Gasteiger partial charge is 0.354 e. The normalized spacial score (nSPS) is 11.4. The van der Waals surface area contributed by atoms with Crippen LogP contribution in [0.2, 0.25) is 0 Å². The molecule has 1 rings (SSSR count). The van der Waals surface area contributed by atoms with Crippen LogP contribution in [0.25, 0.3) is 0 Å². The van der Waals surface area contributed by atoms with Crippen molar-refractivity contribution in [1.82, 2.24) is 5.32 Å². The molecule has 94 valence electrons. The molecule has 0 saturated heterocycles. The van der Waals surface area contributed by atoms with Crippen LogP contribution in [0.3, 0.4) is 0 Å². The van der Waals surface area contributed by atoms with E-state index in [1.165, 1.54) is 16.7 Å². The first kappa shape index (κ1) is 13.7. The number of hydrogen-bond donors (Lipinski definition) is 2. The van der Waals surface area contributed by atoms with E-state index in [1.807, 2.05) is 0 Å². The first-order valence-corrected chi connectivity index (χ1v) is 5.93. The van der Waals surface area contributed by atoms with Gasteiger partial charge >= 0.3 is 0 Å². The zero-order valence-corrected chi connectivity index (χ0v) is 11.1. The summed E-state index contributed by atoms with van der Waals surface area (Å²) < 4.78 is 0. The topological polar surface area (TPSA) is 55.1 Å². The highest BCUT2D eigenvalue weighted by Gasteiger charge is 2.20. The van der Waals surface area contributed by atoms with E-state index in [2.05, 4.69) is 37.4 Å². The van der Waals surface area contributed by atoms with E-state index in [0.29, 0.717) is 6.54 Å². The summed E-state index contributed by atoms with van der Waals surface area (Å²) in [5, 5.41) is 2.85. The number of benzene rings is 1. The van der Waals surface area contributed by atoms with Gasteiger partial charge in [0.2, 0.25) is 5.91 Å². The summed E-state index contributed by atoms with van der Waals surface area (Å²) in [6, 6.07) is 6.44. The van der Waals surface area contributed by atoms with Crippen LogP contribution in [0.4, 0.5) is 0 Å². The Labute approximate surface area is 103 Å². The zero-order chi connectivity index (χ0) is 13.1. The van der Waals surface area contributed by atoms with Crippen molar-refractivity contribution in [1.29, 1.82) is 0 Å². The van der Waals surface area contributed by atoms with Crippen molar-refractivity contribution in [2.45, 2.75) is 39.7 Å². The van der Waals surface area contributed by atoms with Crippen molar-refractivity contribution >= 4 is 5.91 Å². The molecule has 0 aliphatic rings. The Bertz CT molecular complexity index is 385. The first-order chi connectivity index (χ1) is 7.79. The molecule has 0 aromatic heterocycles. The predicted octanol–water partition coefficient (Wildman–Crippen LogP) is 1.70. The molecule has 1 amide bonds. The molecule has 3 N–H and O–H groups in total. The van der Waals surface area contributed by atoms with Crippen molar-refractivity contribution in [2.75, 3.05) is 6.54 Å². The van der Waals surface area contributed by atoms with Gasteiger partial charge in [-0.2, -0.15) is 0 Å². The van der Waals surface area contributed by atoms with Crippen molar-refractivity contribution in [3.05, 3.63) is 34.9 Å². The van der Waals surface area contributed by atoms with E-state index in [1.54, 1.807) is 13.8 Å². The van der Waals surface area contributed by atoms with Gasteiger partial charge in [-0.25, -0.2) is 0 Å². The average Bonchev–Trinajstić information content (AvgIpc) is 2.14. The maximum atomic E-state index is 11.6. The quantitative estimate of drug-likeness (QED) is 0.833. The van der Waals surface area contributed by atoms with Crippen molar-refractivity contribution in [3.63, 3.8) is 0 Å². The Morgan fingerprint density at radius 3 is 2.24 bits per heavy atom. The van der Waals surface area contributed by atoms with Crippen LogP contribution in [0.5, 0.6) is 0 Å². The van der Waals surface area contributed by atoms with Crippen LogP contribution in [0, 0.1) is 13.8 Å². The lowest BCUT2D eigenvalue weighted by atomic mass is 10.0. The van der Waals surface area contributed by atoms with Gasteiger partial charge < -0.3 is 11.1 Å². The first-order valence-electron chi connectivity index (χ1n) is 5.93. The maximum absolute atomic E-state index is 11.6. The van der Waals surface area contributed by atoms with Crippen LogP contribution in [-0.2, 0) is 11.2 Å². The molecule has 0 bridgehead atoms. The number of carbonyl (C=O) groups excluding carboxylic acids is 1. The highest BCUT2D eigenvalue weighted by atomic mass is 16.2. The molecule has 1 aromatic rings. The summed E-state index contributed by atoms with van der Waals surface area (Å²) in [5.41, 5.74) is 8.65. The van der Waals surface area contributed by atoms with E-state index >= 15 is 0 Å². The van der Waals surface area contributed by atoms with Crippen LogP contribution >= 0.6 is 0 Å². The molecular weight excluding hydrogens is 212 g/mol. The Hall–Kier alpha value is -1.35. The molecule has 0 fully saturated rings. The van der Waals surface area contributed by atoms with E-state index in [0.717, 1.165) is 6.42 Å². The van der Waals surface area contributed by atoms with Crippen LogP contribution in [-0.4, -0.2) is 18.0 Å². The summed E-state index contributed by atoms with van der Waals surface area (Å²) in [4.78, 5) is 11.6. The van der Waals surface area contributed by atoms with Gasteiger partial charge in [0.25, 0.3) is 0 Å². The number of aryl methyl sites for hydroxylation is 2. The van der Waals surface area contributed by atoms with Gasteiger partial charge in [0.1, 0.15) is 0 Å². The highest BCUT2D eigenvalue weighted by molar-refractivity contribution is 5.84. The second-order valence-electron chi connectivity index (χ2n) is 5.22. The lowest BCUT2D eigenvalue weighted by Gasteiger charge is -2.17. The van der Waals surface area contributed by atoms with Crippen LogP contribution < -0.4 is 11.1 Å². The molecule has 0 aliphatic heterocycles. The third-order valence-electron chi connectivity index (χ3n) is 2.57. The van der Waals surface area contributed by atoms with E-state index in [4.69, 9.17) is 5.73 Å². The molecule has 0 unspecified atom stereocenters. The third kappa shape index (κ3) is 4.57. The number of amides is 1.